The van der Waals surface area contributed by atoms with Gasteiger partial charge in [0.05, 0.1) is 32.1 Å². The summed E-state index contributed by atoms with van der Waals surface area (Å²) in [6.45, 7) is 11.0. The third kappa shape index (κ3) is 8.06. The highest BCUT2D eigenvalue weighted by Gasteiger charge is 2.48. The summed E-state index contributed by atoms with van der Waals surface area (Å²) in [6, 6.07) is 3.27. The molecule has 0 unspecified atom stereocenters. The zero-order valence-corrected chi connectivity index (χ0v) is 28.9. The number of hydrogen-bond donors (Lipinski definition) is 3. The number of benzene rings is 1. The van der Waals surface area contributed by atoms with Gasteiger partial charge in [-0.1, -0.05) is 11.6 Å². The van der Waals surface area contributed by atoms with Gasteiger partial charge in [-0.3, -0.25) is 10.1 Å². The minimum absolute atomic E-state index is 0.0581. The van der Waals surface area contributed by atoms with Gasteiger partial charge in [0.15, 0.2) is 17.0 Å². The lowest BCUT2D eigenvalue weighted by molar-refractivity contribution is -0.127. The average molecular weight is 685 g/mol. The zero-order chi connectivity index (χ0) is 35.0. The molecule has 0 spiro atoms. The fourth-order valence-electron chi connectivity index (χ4n) is 5.43. The van der Waals surface area contributed by atoms with Crippen LogP contribution in [0.15, 0.2) is 24.8 Å². The summed E-state index contributed by atoms with van der Waals surface area (Å²) >= 11 is 6.57. The standard InChI is InChI=1S/C32H41ClN8O7/c1-30(2,3)47-28(44)38-24-23-25(35-16-34-24)41(17-36-23)14-21-20(26(42)46-7)12-18(33)13-22(21)40-11-10-32(15-40,27(43)37-19-8-9-19)39-29(45)48-31(4,5)6/h12-13,16-17,19H,8-11,14-15H2,1-7H3,(H,37,43)(H,39,45)(H,34,35,38,44)/t32-/m1/s1. The first-order chi connectivity index (χ1) is 22.5. The highest BCUT2D eigenvalue weighted by molar-refractivity contribution is 6.31. The van der Waals surface area contributed by atoms with Crippen LogP contribution in [0.5, 0.6) is 0 Å². The second-order valence-electron chi connectivity index (χ2n) is 14.0. The molecule has 258 valence electrons. The van der Waals surface area contributed by atoms with E-state index < -0.39 is 34.9 Å². The number of imidazole rings is 1. The Morgan fingerprint density at radius 1 is 1.00 bits per heavy atom. The highest BCUT2D eigenvalue weighted by atomic mass is 35.5. The molecule has 16 heteroatoms. The SMILES string of the molecule is COC(=O)c1cc(Cl)cc(N2CC[C@](NC(=O)OC(C)(C)C)(C(=O)NC3CC3)C2)c1Cn1cnc2c(NC(=O)OC(C)(C)C)ncnc21. The molecule has 1 saturated carbocycles. The number of nitrogens with zero attached hydrogens (tertiary/aromatic N) is 5. The number of aromatic nitrogens is 4. The predicted molar refractivity (Wildman–Crippen MR) is 177 cm³/mol. The molecule has 5 rings (SSSR count). The number of nitrogens with one attached hydrogen (secondary N) is 3. The van der Waals surface area contributed by atoms with Gasteiger partial charge in [0.1, 0.15) is 23.1 Å². The maximum absolute atomic E-state index is 13.7. The monoisotopic (exact) mass is 684 g/mol. The Kier molecular flexibility index (Phi) is 9.46. The topological polar surface area (TPSA) is 179 Å². The molecular weight excluding hydrogens is 644 g/mol. The molecule has 1 atom stereocenters. The van der Waals surface area contributed by atoms with E-state index in [2.05, 4.69) is 30.9 Å². The normalized spacial score (nSPS) is 18.0. The van der Waals surface area contributed by atoms with E-state index in [4.69, 9.17) is 25.8 Å². The zero-order valence-electron chi connectivity index (χ0n) is 28.1. The van der Waals surface area contributed by atoms with Crippen LogP contribution in [0, 0.1) is 0 Å². The lowest BCUT2D eigenvalue weighted by Gasteiger charge is -2.32. The average Bonchev–Trinajstić information content (AvgIpc) is 3.53. The van der Waals surface area contributed by atoms with Gasteiger partial charge in [-0.15, -0.1) is 0 Å². The van der Waals surface area contributed by atoms with Crippen LogP contribution < -0.4 is 20.9 Å². The van der Waals surface area contributed by atoms with Crippen LogP contribution >= 0.6 is 11.6 Å². The summed E-state index contributed by atoms with van der Waals surface area (Å²) in [5, 5.41) is 8.77. The highest BCUT2D eigenvalue weighted by Crippen LogP contribution is 2.36. The fourth-order valence-corrected chi connectivity index (χ4v) is 5.64. The maximum atomic E-state index is 13.7. The fraction of sp³-hybridized carbons (Fsp3) is 0.531. The van der Waals surface area contributed by atoms with Gasteiger partial charge in [-0.25, -0.2) is 29.3 Å². The van der Waals surface area contributed by atoms with Gasteiger partial charge in [-0.2, -0.15) is 0 Å². The molecule has 3 aromatic rings. The van der Waals surface area contributed by atoms with Gasteiger partial charge >= 0.3 is 18.2 Å². The molecule has 2 fully saturated rings. The lowest BCUT2D eigenvalue weighted by Crippen LogP contribution is -2.61. The number of rotatable bonds is 8. The van der Waals surface area contributed by atoms with Crippen molar-refractivity contribution in [1.82, 2.24) is 30.2 Å². The van der Waals surface area contributed by atoms with Gasteiger partial charge in [0, 0.05) is 28.9 Å². The lowest BCUT2D eigenvalue weighted by atomic mass is 9.97. The summed E-state index contributed by atoms with van der Waals surface area (Å²) in [4.78, 5) is 67.2. The number of hydrogen-bond acceptors (Lipinski definition) is 11. The van der Waals surface area contributed by atoms with E-state index >= 15 is 0 Å². The molecule has 1 saturated heterocycles. The molecule has 1 aliphatic heterocycles. The Bertz CT molecular complexity index is 1740. The molecule has 2 aliphatic rings. The summed E-state index contributed by atoms with van der Waals surface area (Å²) in [5.41, 5.74) is -0.865. The van der Waals surface area contributed by atoms with Crippen molar-refractivity contribution in [3.8, 4) is 0 Å². The number of ether oxygens (including phenoxy) is 3. The Hall–Kier alpha value is -4.66. The number of fused-ring (bicyclic) bond motifs is 1. The second kappa shape index (κ2) is 13.1. The van der Waals surface area contributed by atoms with Gasteiger partial charge in [0.2, 0.25) is 5.91 Å². The molecule has 2 aromatic heterocycles. The molecule has 0 bridgehead atoms. The molecule has 1 aliphatic carbocycles. The van der Waals surface area contributed by atoms with Crippen molar-refractivity contribution in [3.63, 3.8) is 0 Å². The van der Waals surface area contributed by atoms with E-state index in [1.54, 1.807) is 52.2 Å². The number of carbonyl (C=O) groups excluding carboxylic acids is 4. The quantitative estimate of drug-likeness (QED) is 0.226. The van der Waals surface area contributed by atoms with Crippen molar-refractivity contribution >= 4 is 58.3 Å². The van der Waals surface area contributed by atoms with Gasteiger partial charge < -0.3 is 34.3 Å². The Morgan fingerprint density at radius 2 is 1.69 bits per heavy atom. The number of alkyl carbamates (subject to hydrolysis) is 1. The molecule has 15 nitrogen and oxygen atoms in total. The minimum atomic E-state index is -1.31. The Balaban J connectivity index is 1.51. The molecule has 3 heterocycles. The maximum Gasteiger partial charge on any atom is 0.413 e. The second-order valence-corrected chi connectivity index (χ2v) is 14.4. The van der Waals surface area contributed by atoms with Gasteiger partial charge in [-0.05, 0) is 72.9 Å². The number of halogens is 1. The van der Waals surface area contributed by atoms with Crippen LogP contribution in [0.1, 0.15) is 76.7 Å². The molecular formula is C32H41ClN8O7. The van der Waals surface area contributed by atoms with Crippen LogP contribution in [0.25, 0.3) is 11.2 Å². The van der Waals surface area contributed by atoms with Crippen molar-refractivity contribution in [2.45, 2.75) is 90.1 Å². The van der Waals surface area contributed by atoms with Crippen LogP contribution in [0.3, 0.4) is 0 Å². The summed E-state index contributed by atoms with van der Waals surface area (Å²) in [5.74, 6) is -0.780. The third-order valence-electron chi connectivity index (χ3n) is 7.64. The number of carbonyl (C=O) groups is 4. The van der Waals surface area contributed by atoms with Crippen LogP contribution in [0.2, 0.25) is 5.02 Å². The number of amides is 3. The Labute approximate surface area is 283 Å². The van der Waals surface area contributed by atoms with Crippen LogP contribution in [0.4, 0.5) is 21.1 Å². The molecule has 3 amide bonds. The molecule has 3 N–H and O–H groups in total. The van der Waals surface area contributed by atoms with Crippen molar-refractivity contribution < 1.29 is 33.4 Å². The first kappa shape index (κ1) is 34.7. The minimum Gasteiger partial charge on any atom is -0.465 e. The smallest absolute Gasteiger partial charge is 0.413 e. The molecule has 0 radical (unpaired) electrons. The van der Waals surface area contributed by atoms with E-state index in [9.17, 15) is 19.2 Å². The number of esters is 1. The molecule has 1 aromatic carbocycles. The van der Waals surface area contributed by atoms with Crippen molar-refractivity contribution in [2.75, 3.05) is 30.4 Å². The van der Waals surface area contributed by atoms with E-state index in [1.807, 2.05) is 4.90 Å². The van der Waals surface area contributed by atoms with Crippen molar-refractivity contribution in [3.05, 3.63) is 40.9 Å². The summed E-state index contributed by atoms with van der Waals surface area (Å²) < 4.78 is 17.7. The summed E-state index contributed by atoms with van der Waals surface area (Å²) in [6.07, 6.45) is 3.40. The van der Waals surface area contributed by atoms with E-state index in [-0.39, 0.29) is 47.9 Å². The first-order valence-corrected chi connectivity index (χ1v) is 16.0. The van der Waals surface area contributed by atoms with E-state index in [0.717, 1.165) is 12.8 Å². The summed E-state index contributed by atoms with van der Waals surface area (Å²) in [7, 11) is 1.27. The van der Waals surface area contributed by atoms with Gasteiger partial charge in [0.25, 0.3) is 0 Å². The van der Waals surface area contributed by atoms with E-state index in [1.165, 1.54) is 25.8 Å². The first-order valence-electron chi connectivity index (χ1n) is 15.6. The predicted octanol–water partition coefficient (Wildman–Crippen LogP) is 4.41. The van der Waals surface area contributed by atoms with Crippen molar-refractivity contribution in [1.29, 1.82) is 0 Å². The van der Waals surface area contributed by atoms with Crippen LogP contribution in [-0.2, 0) is 25.5 Å². The molecule has 48 heavy (non-hydrogen) atoms. The van der Waals surface area contributed by atoms with Crippen LogP contribution in [-0.4, -0.2) is 86.6 Å². The number of anilines is 2. The Morgan fingerprint density at radius 3 is 2.33 bits per heavy atom. The van der Waals surface area contributed by atoms with E-state index in [0.29, 0.717) is 29.0 Å². The third-order valence-corrected chi connectivity index (χ3v) is 7.86. The number of methoxy groups -OCH3 is 1. The largest absolute Gasteiger partial charge is 0.465 e. The van der Waals surface area contributed by atoms with Crippen molar-refractivity contribution in [2.24, 2.45) is 0 Å².